The average Bonchev–Trinajstić information content (AvgIpc) is 1.67. The minimum Gasteiger partial charge on any atom is -0.369 e. The Labute approximate surface area is 59.6 Å². The Hall–Kier alpha value is -0.570. The Morgan fingerprint density at radius 2 is 2.00 bits per heavy atom. The van der Waals surface area contributed by atoms with Crippen molar-refractivity contribution in [3.63, 3.8) is 0 Å². The molecule has 0 rings (SSSR count). The first-order valence-electron chi connectivity index (χ1n) is 3.11. The van der Waals surface area contributed by atoms with Crippen LogP contribution in [0.3, 0.4) is 0 Å². The highest BCUT2D eigenvalue weighted by atomic mass is 16.1. The summed E-state index contributed by atoms with van der Waals surface area (Å²) in [4.78, 5) is 9.76. The van der Waals surface area contributed by atoms with Crippen molar-refractivity contribution in [1.82, 2.24) is 5.32 Å². The van der Waals surface area contributed by atoms with Gasteiger partial charge in [0.05, 0.1) is 6.54 Å². The van der Waals surface area contributed by atoms with E-state index in [1.54, 1.807) is 7.05 Å². The summed E-state index contributed by atoms with van der Waals surface area (Å²) in [6, 6.07) is 0. The first kappa shape index (κ1) is 11.3. The second-order valence-electron chi connectivity index (χ2n) is 1.70. The first-order chi connectivity index (χ1) is 4.18. The van der Waals surface area contributed by atoms with Crippen LogP contribution in [0.5, 0.6) is 0 Å². The third kappa shape index (κ3) is 37.1. The third-order valence-electron chi connectivity index (χ3n) is 0.351. The van der Waals surface area contributed by atoms with Gasteiger partial charge in [0.25, 0.3) is 0 Å². The maximum Gasteiger partial charge on any atom is 0.231 e. The largest absolute Gasteiger partial charge is 0.369 e. The minimum atomic E-state index is -0.322. The quantitative estimate of drug-likeness (QED) is 0.584. The fourth-order valence-electron chi connectivity index (χ4n) is 0.174. The number of hydrogen-bond donors (Lipinski definition) is 2. The van der Waals surface area contributed by atoms with Crippen molar-refractivity contribution in [3.05, 3.63) is 0 Å². The van der Waals surface area contributed by atoms with Crippen molar-refractivity contribution in [1.29, 1.82) is 0 Å². The zero-order valence-corrected chi connectivity index (χ0v) is 6.40. The molecule has 0 aromatic heterocycles. The normalized spacial score (nSPS) is 7.44. The summed E-state index contributed by atoms with van der Waals surface area (Å²) in [6.07, 6.45) is 1.25. The lowest BCUT2D eigenvalue weighted by molar-refractivity contribution is -0.117. The molecule has 0 aromatic rings. The molecule has 1 amide bonds. The summed E-state index contributed by atoms with van der Waals surface area (Å²) >= 11 is 0. The molecule has 0 aliphatic rings. The van der Waals surface area contributed by atoms with Crippen LogP contribution >= 0.6 is 0 Å². The Balaban J connectivity index is -0.0000000437. The molecule has 0 aliphatic carbocycles. The highest BCUT2D eigenvalue weighted by Crippen LogP contribution is 1.56. The van der Waals surface area contributed by atoms with E-state index in [1.807, 2.05) is 0 Å². The van der Waals surface area contributed by atoms with Crippen LogP contribution in [0.4, 0.5) is 0 Å². The van der Waals surface area contributed by atoms with Crippen LogP contribution in [0.1, 0.15) is 23.1 Å². The lowest BCUT2D eigenvalue weighted by atomic mass is 10.6. The van der Waals surface area contributed by atoms with Gasteiger partial charge in [0, 0.05) is 2.85 Å². The van der Waals surface area contributed by atoms with E-state index in [0.717, 1.165) is 0 Å². The molecule has 0 bridgehead atoms. The summed E-state index contributed by atoms with van der Waals surface area (Å²) < 4.78 is 0. The van der Waals surface area contributed by atoms with Crippen molar-refractivity contribution >= 4 is 5.91 Å². The maximum absolute atomic E-state index is 9.76. The van der Waals surface area contributed by atoms with Crippen LogP contribution in [-0.2, 0) is 4.79 Å². The molecule has 9 heavy (non-hydrogen) atoms. The van der Waals surface area contributed by atoms with E-state index in [9.17, 15) is 4.79 Å². The summed E-state index contributed by atoms with van der Waals surface area (Å²) in [6.45, 7) is 4.51. The van der Waals surface area contributed by atoms with Gasteiger partial charge in [-0.1, -0.05) is 20.3 Å². The van der Waals surface area contributed by atoms with Crippen molar-refractivity contribution in [2.45, 2.75) is 20.3 Å². The number of amides is 1. The van der Waals surface area contributed by atoms with E-state index in [4.69, 9.17) is 5.73 Å². The summed E-state index contributed by atoms with van der Waals surface area (Å²) in [5.74, 6) is -0.322. The van der Waals surface area contributed by atoms with E-state index in [-0.39, 0.29) is 15.3 Å². The molecule has 3 N–H and O–H groups in total. The van der Waals surface area contributed by atoms with Crippen LogP contribution in [-0.4, -0.2) is 19.5 Å². The molecule has 0 radical (unpaired) electrons. The van der Waals surface area contributed by atoms with Crippen LogP contribution in [0.2, 0.25) is 0 Å². The second kappa shape index (κ2) is 10.4. The molecule has 3 heteroatoms. The number of nitrogens with two attached hydrogens (primary N) is 1. The number of nitrogens with one attached hydrogen (secondary N) is 1. The highest BCUT2D eigenvalue weighted by molar-refractivity contribution is 5.75. The molecule has 0 atom stereocenters. The number of carbonyl (C=O) groups is 1. The second-order valence-corrected chi connectivity index (χ2v) is 1.70. The maximum atomic E-state index is 9.76. The van der Waals surface area contributed by atoms with E-state index >= 15 is 0 Å². The van der Waals surface area contributed by atoms with Crippen molar-refractivity contribution in [2.24, 2.45) is 5.73 Å². The molecular weight excluding hydrogens is 116 g/mol. The third-order valence-corrected chi connectivity index (χ3v) is 0.351. The van der Waals surface area contributed by atoms with E-state index < -0.39 is 0 Å². The number of primary amides is 1. The van der Waals surface area contributed by atoms with Crippen LogP contribution in [0.15, 0.2) is 0 Å². The number of rotatable bonds is 2. The number of likely N-dealkylation sites (N-methyl/N-ethyl adjacent to an activating group) is 1. The summed E-state index contributed by atoms with van der Waals surface area (Å²) in [5, 5.41) is 2.59. The molecule has 0 aromatic carbocycles. The predicted molar refractivity (Wildman–Crippen MR) is 43.3 cm³/mol. The average molecular weight is 136 g/mol. The molecule has 0 heterocycles. The van der Waals surface area contributed by atoms with Gasteiger partial charge < -0.3 is 11.1 Å². The topological polar surface area (TPSA) is 55.1 Å². The number of hydrogen-bond acceptors (Lipinski definition) is 2. The Morgan fingerprint density at radius 1 is 1.67 bits per heavy atom. The lowest BCUT2D eigenvalue weighted by Crippen LogP contribution is -2.25. The minimum absolute atomic E-state index is 0. The highest BCUT2D eigenvalue weighted by Gasteiger charge is 1.82. The molecule has 0 fully saturated rings. The van der Waals surface area contributed by atoms with Crippen LogP contribution in [0.25, 0.3) is 0 Å². The van der Waals surface area contributed by atoms with Crippen LogP contribution in [0, 0.1) is 0 Å². The molecule has 3 nitrogen and oxygen atoms in total. The Morgan fingerprint density at radius 3 is 2.00 bits per heavy atom. The smallest absolute Gasteiger partial charge is 0.231 e. The lowest BCUT2D eigenvalue weighted by Gasteiger charge is -1.85. The summed E-state index contributed by atoms with van der Waals surface area (Å²) in [7, 11) is 1.67. The van der Waals surface area contributed by atoms with Gasteiger partial charge in [0.2, 0.25) is 5.91 Å². The molecule has 0 aliphatic heterocycles. The molecule has 0 unspecified atom stereocenters. The molecule has 0 saturated heterocycles. The molecular formula is C6H20N2O. The zero-order valence-electron chi connectivity index (χ0n) is 6.40. The first-order valence-corrected chi connectivity index (χ1v) is 3.11. The van der Waals surface area contributed by atoms with Gasteiger partial charge in [0.1, 0.15) is 0 Å². The van der Waals surface area contributed by atoms with Gasteiger partial charge in [-0.15, -0.1) is 0 Å². The fourth-order valence-corrected chi connectivity index (χ4v) is 0.174. The predicted octanol–water partition coefficient (Wildman–Crippen LogP) is 0.599. The van der Waals surface area contributed by atoms with Gasteiger partial charge in [-0.2, -0.15) is 0 Å². The van der Waals surface area contributed by atoms with E-state index in [2.05, 4.69) is 19.2 Å². The summed E-state index contributed by atoms with van der Waals surface area (Å²) in [5.41, 5.74) is 4.70. The van der Waals surface area contributed by atoms with Gasteiger partial charge >= 0.3 is 0 Å². The van der Waals surface area contributed by atoms with Crippen LogP contribution < -0.4 is 11.1 Å². The Kier molecular flexibility index (Phi) is 13.0. The zero-order chi connectivity index (χ0) is 7.70. The molecule has 0 saturated carbocycles. The van der Waals surface area contributed by atoms with Crippen molar-refractivity contribution < 1.29 is 7.65 Å². The number of carbonyl (C=O) groups excluding carboxylic acids is 1. The monoisotopic (exact) mass is 136 g/mol. The molecule has 60 valence electrons. The van der Waals surface area contributed by atoms with E-state index in [1.165, 1.54) is 6.42 Å². The van der Waals surface area contributed by atoms with Gasteiger partial charge in [-0.25, -0.2) is 0 Å². The Bertz CT molecular complexity index is 71.6. The van der Waals surface area contributed by atoms with Crippen molar-refractivity contribution in [2.75, 3.05) is 13.6 Å². The van der Waals surface area contributed by atoms with E-state index in [0.29, 0.717) is 0 Å². The fraction of sp³-hybridized carbons (Fsp3) is 0.833. The van der Waals surface area contributed by atoms with Gasteiger partial charge in [0.15, 0.2) is 0 Å². The van der Waals surface area contributed by atoms with Crippen molar-refractivity contribution in [3.8, 4) is 0 Å². The van der Waals surface area contributed by atoms with Gasteiger partial charge in [-0.3, -0.25) is 4.79 Å². The van der Waals surface area contributed by atoms with Gasteiger partial charge in [-0.05, 0) is 7.05 Å². The SMILES string of the molecule is CCC.CNCC(N)=O.[HH].[HH]. The standard InChI is InChI=1S/C3H8N2O.C3H8.2H2/c1-5-2-3(4)6;1-3-2;;/h5H,2H2,1H3,(H2,4,6);3H2,1-2H3;2*1H. The molecule has 0 spiro atoms.